The Morgan fingerprint density at radius 1 is 1.85 bits per heavy atom. The molecule has 4 nitrogen and oxygen atoms in total. The van der Waals surface area contributed by atoms with Crippen molar-refractivity contribution in [3.05, 3.63) is 0 Å². The number of rotatable bonds is 3. The van der Waals surface area contributed by atoms with E-state index in [9.17, 15) is 0 Å². The van der Waals surface area contributed by atoms with Crippen LogP contribution in [0.1, 0.15) is 6.92 Å². The first-order valence-electron chi connectivity index (χ1n) is 4.45. The molecule has 0 fully saturated rings. The Morgan fingerprint density at radius 3 is 3.15 bits per heavy atom. The molecule has 0 radical (unpaired) electrons. The van der Waals surface area contributed by atoms with Gasteiger partial charge in [-0.05, 0) is 6.26 Å². The van der Waals surface area contributed by atoms with Gasteiger partial charge in [-0.1, -0.05) is 6.92 Å². The van der Waals surface area contributed by atoms with Crippen molar-refractivity contribution >= 4 is 17.7 Å². The number of aliphatic imine (C=N–C) groups is 1. The van der Waals surface area contributed by atoms with Crippen molar-refractivity contribution in [3.8, 4) is 0 Å². The minimum absolute atomic E-state index is 0.330. The molecule has 3 N–H and O–H groups in total. The zero-order chi connectivity index (χ0) is 9.68. The Labute approximate surface area is 83.2 Å². The predicted octanol–water partition coefficient (Wildman–Crippen LogP) is -0.352. The van der Waals surface area contributed by atoms with E-state index in [2.05, 4.69) is 28.8 Å². The van der Waals surface area contributed by atoms with E-state index >= 15 is 0 Å². The van der Waals surface area contributed by atoms with Gasteiger partial charge in [0, 0.05) is 18.3 Å². The maximum Gasteiger partial charge on any atom is 0.191 e. The van der Waals surface area contributed by atoms with E-state index in [-0.39, 0.29) is 6.10 Å². The molecule has 1 heterocycles. The highest BCUT2D eigenvalue weighted by molar-refractivity contribution is 7.99. The number of nitrogens with one attached hydrogen (secondary N) is 2. The van der Waals surface area contributed by atoms with Crippen molar-refractivity contribution < 1.29 is 5.11 Å². The number of hydrogen-bond donors (Lipinski definition) is 3. The van der Waals surface area contributed by atoms with Gasteiger partial charge in [-0.2, -0.15) is 11.8 Å². The second-order valence-electron chi connectivity index (χ2n) is 3.15. The van der Waals surface area contributed by atoms with Gasteiger partial charge in [0.2, 0.25) is 0 Å². The molecule has 2 atom stereocenters. The van der Waals surface area contributed by atoms with Gasteiger partial charge in [-0.15, -0.1) is 0 Å². The van der Waals surface area contributed by atoms with Gasteiger partial charge in [-0.3, -0.25) is 4.99 Å². The van der Waals surface area contributed by atoms with Crippen LogP contribution in [-0.2, 0) is 0 Å². The summed E-state index contributed by atoms with van der Waals surface area (Å²) in [7, 11) is 0. The minimum atomic E-state index is -0.330. The Morgan fingerprint density at radius 2 is 2.62 bits per heavy atom. The molecule has 1 aliphatic rings. The molecular weight excluding hydrogens is 186 g/mol. The molecule has 0 saturated heterocycles. The number of guanidine groups is 1. The van der Waals surface area contributed by atoms with Crippen molar-refractivity contribution in [2.45, 2.75) is 18.3 Å². The maximum absolute atomic E-state index is 9.15. The van der Waals surface area contributed by atoms with E-state index < -0.39 is 0 Å². The molecule has 0 amide bonds. The van der Waals surface area contributed by atoms with Crippen molar-refractivity contribution in [1.29, 1.82) is 0 Å². The molecule has 5 heteroatoms. The van der Waals surface area contributed by atoms with E-state index in [1.807, 2.05) is 11.8 Å². The van der Waals surface area contributed by atoms with Crippen LogP contribution in [0, 0.1) is 0 Å². The Hall–Kier alpha value is -0.420. The lowest BCUT2D eigenvalue weighted by Crippen LogP contribution is -2.47. The highest BCUT2D eigenvalue weighted by Crippen LogP contribution is 2.02. The van der Waals surface area contributed by atoms with Crippen LogP contribution in [0.2, 0.25) is 0 Å². The van der Waals surface area contributed by atoms with E-state index in [4.69, 9.17) is 5.11 Å². The molecule has 0 aliphatic carbocycles. The third-order valence-corrected chi connectivity index (χ3v) is 2.90. The minimum Gasteiger partial charge on any atom is -0.389 e. The monoisotopic (exact) mass is 203 g/mol. The predicted molar refractivity (Wildman–Crippen MR) is 57.3 cm³/mol. The SMILES string of the molecule is CSC(C)CNC1=NCC(O)CN1. The Bertz CT molecular complexity index is 186. The first-order valence-corrected chi connectivity index (χ1v) is 5.74. The second kappa shape index (κ2) is 5.34. The maximum atomic E-state index is 9.15. The van der Waals surface area contributed by atoms with E-state index in [1.54, 1.807) is 0 Å². The third-order valence-electron chi connectivity index (χ3n) is 1.92. The summed E-state index contributed by atoms with van der Waals surface area (Å²) >= 11 is 1.82. The summed E-state index contributed by atoms with van der Waals surface area (Å²) in [5.41, 5.74) is 0. The molecule has 13 heavy (non-hydrogen) atoms. The van der Waals surface area contributed by atoms with Crippen LogP contribution in [-0.4, -0.2) is 48.3 Å². The molecular formula is C8H17N3OS. The van der Waals surface area contributed by atoms with Gasteiger partial charge in [0.15, 0.2) is 5.96 Å². The molecule has 0 bridgehead atoms. The topological polar surface area (TPSA) is 56.7 Å². The normalized spacial score (nSPS) is 24.5. The van der Waals surface area contributed by atoms with Crippen molar-refractivity contribution in [1.82, 2.24) is 10.6 Å². The van der Waals surface area contributed by atoms with E-state index in [0.717, 1.165) is 12.5 Å². The van der Waals surface area contributed by atoms with E-state index in [0.29, 0.717) is 18.3 Å². The lowest BCUT2D eigenvalue weighted by Gasteiger charge is -2.20. The molecule has 0 aromatic carbocycles. The first-order chi connectivity index (χ1) is 6.22. The second-order valence-corrected chi connectivity index (χ2v) is 4.43. The number of β-amino-alcohol motifs (C(OH)–C–C–N with tert-alkyl or cyclic N) is 1. The molecule has 2 unspecified atom stereocenters. The fourth-order valence-corrected chi connectivity index (χ4v) is 1.22. The smallest absolute Gasteiger partial charge is 0.191 e. The largest absolute Gasteiger partial charge is 0.389 e. The van der Waals surface area contributed by atoms with Crippen molar-refractivity contribution in [2.75, 3.05) is 25.9 Å². The summed E-state index contributed by atoms with van der Waals surface area (Å²) in [4.78, 5) is 4.15. The quantitative estimate of drug-likeness (QED) is 0.587. The lowest BCUT2D eigenvalue weighted by molar-refractivity contribution is 0.180. The molecule has 0 spiro atoms. The van der Waals surface area contributed by atoms with Crippen LogP contribution in [0.25, 0.3) is 0 Å². The number of aliphatic hydroxyl groups is 1. The Balaban J connectivity index is 2.22. The van der Waals surface area contributed by atoms with Gasteiger partial charge >= 0.3 is 0 Å². The zero-order valence-corrected chi connectivity index (χ0v) is 8.90. The van der Waals surface area contributed by atoms with Gasteiger partial charge in [0.25, 0.3) is 0 Å². The number of hydrogen-bond acceptors (Lipinski definition) is 5. The summed E-state index contributed by atoms with van der Waals surface area (Å²) in [6, 6.07) is 0. The van der Waals surface area contributed by atoms with Crippen LogP contribution in [0.15, 0.2) is 4.99 Å². The molecule has 1 rings (SSSR count). The summed E-state index contributed by atoms with van der Waals surface area (Å²) in [6.45, 7) is 4.17. The standard InChI is InChI=1S/C8H17N3OS/c1-6(13-2)3-9-8-10-4-7(12)5-11-8/h6-7,12H,3-5H2,1-2H3,(H2,9,10,11). The number of nitrogens with zero attached hydrogens (tertiary/aromatic N) is 1. The van der Waals surface area contributed by atoms with Crippen LogP contribution < -0.4 is 10.6 Å². The van der Waals surface area contributed by atoms with Crippen molar-refractivity contribution in [3.63, 3.8) is 0 Å². The van der Waals surface area contributed by atoms with Crippen LogP contribution >= 0.6 is 11.8 Å². The van der Waals surface area contributed by atoms with Crippen LogP contribution in [0.5, 0.6) is 0 Å². The average Bonchev–Trinajstić information content (AvgIpc) is 2.16. The third kappa shape index (κ3) is 3.87. The number of thioether (sulfide) groups is 1. The van der Waals surface area contributed by atoms with Crippen molar-refractivity contribution in [2.24, 2.45) is 4.99 Å². The first kappa shape index (κ1) is 10.7. The molecule has 1 aliphatic heterocycles. The number of aliphatic hydroxyl groups excluding tert-OH is 1. The molecule has 0 aromatic rings. The highest BCUT2D eigenvalue weighted by atomic mass is 32.2. The Kier molecular flexibility index (Phi) is 4.38. The van der Waals surface area contributed by atoms with Gasteiger partial charge < -0.3 is 15.7 Å². The summed E-state index contributed by atoms with van der Waals surface area (Å²) in [6.07, 6.45) is 1.76. The van der Waals surface area contributed by atoms with E-state index in [1.165, 1.54) is 0 Å². The fourth-order valence-electron chi connectivity index (χ4n) is 0.974. The fraction of sp³-hybridized carbons (Fsp3) is 0.875. The summed E-state index contributed by atoms with van der Waals surface area (Å²) < 4.78 is 0. The van der Waals surface area contributed by atoms with Crippen LogP contribution in [0.4, 0.5) is 0 Å². The summed E-state index contributed by atoms with van der Waals surface area (Å²) in [5, 5.41) is 16.0. The zero-order valence-electron chi connectivity index (χ0n) is 8.08. The van der Waals surface area contributed by atoms with Gasteiger partial charge in [-0.25, -0.2) is 0 Å². The summed E-state index contributed by atoms with van der Waals surface area (Å²) in [5.74, 6) is 0.811. The van der Waals surface area contributed by atoms with Crippen LogP contribution in [0.3, 0.4) is 0 Å². The molecule has 0 saturated carbocycles. The van der Waals surface area contributed by atoms with Gasteiger partial charge in [0.1, 0.15) is 0 Å². The average molecular weight is 203 g/mol. The molecule has 76 valence electrons. The molecule has 0 aromatic heterocycles. The van der Waals surface area contributed by atoms with Gasteiger partial charge in [0.05, 0.1) is 12.6 Å². The lowest BCUT2D eigenvalue weighted by atomic mass is 10.3. The highest BCUT2D eigenvalue weighted by Gasteiger charge is 2.11.